The molecular weight excluding hydrogens is 252 g/mol. The van der Waals surface area contributed by atoms with Gasteiger partial charge in [0.15, 0.2) is 0 Å². The molecule has 20 heavy (non-hydrogen) atoms. The van der Waals surface area contributed by atoms with Crippen LogP contribution in [-0.2, 0) is 9.59 Å². The maximum absolute atomic E-state index is 13.0. The first-order chi connectivity index (χ1) is 9.25. The molecular formula is C16H28N2O2. The molecule has 1 aliphatic heterocycles. The summed E-state index contributed by atoms with van der Waals surface area (Å²) in [6.45, 7) is 10.8. The molecule has 2 fully saturated rings. The van der Waals surface area contributed by atoms with Gasteiger partial charge in [-0.05, 0) is 37.0 Å². The maximum Gasteiger partial charge on any atom is 0.249 e. The molecule has 1 atom stereocenters. The molecule has 1 N–H and O–H groups in total. The van der Waals surface area contributed by atoms with Crippen LogP contribution >= 0.6 is 0 Å². The molecule has 1 saturated carbocycles. The normalized spacial score (nSPS) is 26.6. The van der Waals surface area contributed by atoms with Crippen molar-refractivity contribution in [3.05, 3.63) is 0 Å². The molecule has 2 rings (SSSR count). The number of piperazine rings is 1. The highest BCUT2D eigenvalue weighted by Crippen LogP contribution is 2.37. The highest BCUT2D eigenvalue weighted by molar-refractivity contribution is 6.00. The predicted molar refractivity (Wildman–Crippen MR) is 79.1 cm³/mol. The van der Waals surface area contributed by atoms with Gasteiger partial charge in [0.1, 0.15) is 11.6 Å². The van der Waals surface area contributed by atoms with Gasteiger partial charge in [-0.3, -0.25) is 9.59 Å². The maximum atomic E-state index is 13.0. The van der Waals surface area contributed by atoms with E-state index in [1.807, 2.05) is 39.5 Å². The Balaban J connectivity index is 2.35. The fraction of sp³-hybridized carbons (Fsp3) is 0.875. The molecule has 0 bridgehead atoms. The van der Waals surface area contributed by atoms with E-state index in [4.69, 9.17) is 0 Å². The lowest BCUT2D eigenvalue weighted by Crippen LogP contribution is -2.72. The number of amides is 2. The quantitative estimate of drug-likeness (QED) is 0.859. The van der Waals surface area contributed by atoms with Crippen molar-refractivity contribution in [1.29, 1.82) is 0 Å². The highest BCUT2D eigenvalue weighted by Gasteiger charge is 2.52. The van der Waals surface area contributed by atoms with Gasteiger partial charge in [-0.15, -0.1) is 0 Å². The zero-order chi connectivity index (χ0) is 15.1. The number of hydrogen-bond donors (Lipinski definition) is 1. The van der Waals surface area contributed by atoms with Crippen LogP contribution in [0.1, 0.15) is 60.3 Å². The molecule has 1 unspecified atom stereocenters. The zero-order valence-corrected chi connectivity index (χ0v) is 13.5. The lowest BCUT2D eigenvalue weighted by molar-refractivity contribution is -0.160. The van der Waals surface area contributed by atoms with E-state index >= 15 is 0 Å². The molecule has 1 heterocycles. The van der Waals surface area contributed by atoms with Gasteiger partial charge in [-0.1, -0.05) is 34.6 Å². The third-order valence-electron chi connectivity index (χ3n) is 4.77. The van der Waals surface area contributed by atoms with Crippen LogP contribution in [0.5, 0.6) is 0 Å². The van der Waals surface area contributed by atoms with Gasteiger partial charge in [0, 0.05) is 6.54 Å². The van der Waals surface area contributed by atoms with Crippen LogP contribution in [0.2, 0.25) is 0 Å². The van der Waals surface area contributed by atoms with E-state index in [-0.39, 0.29) is 23.3 Å². The van der Waals surface area contributed by atoms with Crippen LogP contribution in [0.3, 0.4) is 0 Å². The molecule has 4 heteroatoms. The lowest BCUT2D eigenvalue weighted by Gasteiger charge is -2.49. The minimum atomic E-state index is -0.687. The van der Waals surface area contributed by atoms with Gasteiger partial charge in [-0.25, -0.2) is 0 Å². The fourth-order valence-electron chi connectivity index (χ4n) is 3.25. The smallest absolute Gasteiger partial charge is 0.249 e. The molecule has 2 amide bonds. The molecule has 0 spiro atoms. The van der Waals surface area contributed by atoms with Gasteiger partial charge < -0.3 is 10.2 Å². The topological polar surface area (TPSA) is 49.4 Å². The van der Waals surface area contributed by atoms with E-state index in [9.17, 15) is 9.59 Å². The van der Waals surface area contributed by atoms with Crippen LogP contribution in [-0.4, -0.2) is 34.8 Å². The average Bonchev–Trinajstić information content (AvgIpc) is 3.15. The Kier molecular flexibility index (Phi) is 3.87. The third kappa shape index (κ3) is 2.57. The average molecular weight is 280 g/mol. The van der Waals surface area contributed by atoms with Crippen molar-refractivity contribution >= 4 is 11.8 Å². The predicted octanol–water partition coefficient (Wildman–Crippen LogP) is 2.33. The first-order valence-electron chi connectivity index (χ1n) is 7.88. The molecule has 0 aromatic rings. The summed E-state index contributed by atoms with van der Waals surface area (Å²) in [7, 11) is 0. The number of hydrogen-bond acceptors (Lipinski definition) is 2. The number of carbonyl (C=O) groups is 2. The summed E-state index contributed by atoms with van der Waals surface area (Å²) in [5.74, 6) is 0.733. The number of rotatable bonds is 4. The second-order valence-electron chi connectivity index (χ2n) is 7.45. The molecule has 1 saturated heterocycles. The summed E-state index contributed by atoms with van der Waals surface area (Å²) in [6, 6.07) is -0.346. The number of carbonyl (C=O) groups excluding carboxylic acids is 2. The van der Waals surface area contributed by atoms with Crippen molar-refractivity contribution in [3.8, 4) is 0 Å². The van der Waals surface area contributed by atoms with Crippen LogP contribution in [0, 0.1) is 11.3 Å². The monoisotopic (exact) mass is 280 g/mol. The minimum absolute atomic E-state index is 0.0152. The number of nitrogens with zero attached hydrogens (tertiary/aromatic N) is 1. The molecule has 114 valence electrons. The second kappa shape index (κ2) is 5.05. The van der Waals surface area contributed by atoms with Gasteiger partial charge in [0.2, 0.25) is 11.8 Å². The summed E-state index contributed by atoms with van der Waals surface area (Å²) in [5, 5.41) is 3.03. The van der Waals surface area contributed by atoms with Gasteiger partial charge in [0.05, 0.1) is 0 Å². The van der Waals surface area contributed by atoms with Crippen molar-refractivity contribution < 1.29 is 9.59 Å². The standard InChI is InChI=1S/C16H28N2O2/c1-6-16(7-2)14(20)18(10-11-8-9-11)12(13(19)17-16)15(3,4)5/h11-12H,6-10H2,1-5H3,(H,17,19). The first kappa shape index (κ1) is 15.3. The first-order valence-corrected chi connectivity index (χ1v) is 7.88. The van der Waals surface area contributed by atoms with E-state index in [1.54, 1.807) is 0 Å². The van der Waals surface area contributed by atoms with Crippen molar-refractivity contribution in [2.75, 3.05) is 6.54 Å². The second-order valence-corrected chi connectivity index (χ2v) is 7.45. The van der Waals surface area contributed by atoms with Crippen molar-refractivity contribution in [2.24, 2.45) is 11.3 Å². The largest absolute Gasteiger partial charge is 0.340 e. The molecule has 0 radical (unpaired) electrons. The molecule has 2 aliphatic rings. The van der Waals surface area contributed by atoms with Crippen molar-refractivity contribution in [2.45, 2.75) is 71.9 Å². The molecule has 0 aromatic heterocycles. The van der Waals surface area contributed by atoms with Crippen LogP contribution in [0.4, 0.5) is 0 Å². The third-order valence-corrected chi connectivity index (χ3v) is 4.77. The summed E-state index contributed by atoms with van der Waals surface area (Å²) < 4.78 is 0. The molecule has 0 aromatic carbocycles. The summed E-state index contributed by atoms with van der Waals surface area (Å²) in [6.07, 6.45) is 3.69. The molecule has 1 aliphatic carbocycles. The Morgan fingerprint density at radius 2 is 1.75 bits per heavy atom. The Morgan fingerprint density at radius 1 is 1.20 bits per heavy atom. The Bertz CT molecular complexity index is 403. The summed E-state index contributed by atoms with van der Waals surface area (Å²) in [5.41, 5.74) is -0.921. The van der Waals surface area contributed by atoms with Crippen LogP contribution < -0.4 is 5.32 Å². The van der Waals surface area contributed by atoms with Crippen LogP contribution in [0.25, 0.3) is 0 Å². The van der Waals surface area contributed by atoms with Crippen molar-refractivity contribution in [1.82, 2.24) is 10.2 Å². The van der Waals surface area contributed by atoms with Gasteiger partial charge in [-0.2, -0.15) is 0 Å². The molecule has 4 nitrogen and oxygen atoms in total. The lowest BCUT2D eigenvalue weighted by atomic mass is 9.79. The van der Waals surface area contributed by atoms with Gasteiger partial charge in [0.25, 0.3) is 0 Å². The Hall–Kier alpha value is -1.06. The summed E-state index contributed by atoms with van der Waals surface area (Å²) >= 11 is 0. The van der Waals surface area contributed by atoms with E-state index < -0.39 is 5.54 Å². The van der Waals surface area contributed by atoms with E-state index in [1.165, 1.54) is 12.8 Å². The van der Waals surface area contributed by atoms with E-state index in [0.29, 0.717) is 18.8 Å². The van der Waals surface area contributed by atoms with E-state index in [2.05, 4.69) is 5.32 Å². The van der Waals surface area contributed by atoms with E-state index in [0.717, 1.165) is 6.54 Å². The van der Waals surface area contributed by atoms with Crippen LogP contribution in [0.15, 0.2) is 0 Å². The fourth-order valence-corrected chi connectivity index (χ4v) is 3.25. The highest BCUT2D eigenvalue weighted by atomic mass is 16.2. The summed E-state index contributed by atoms with van der Waals surface area (Å²) in [4.78, 5) is 27.5. The minimum Gasteiger partial charge on any atom is -0.340 e. The Labute approximate surface area is 122 Å². The van der Waals surface area contributed by atoms with Gasteiger partial charge >= 0.3 is 0 Å². The SMILES string of the molecule is CCC1(CC)NC(=O)C(C(C)(C)C)N(CC2CC2)C1=O. The number of nitrogens with one attached hydrogen (secondary N) is 1. The Morgan fingerprint density at radius 3 is 2.15 bits per heavy atom. The zero-order valence-electron chi connectivity index (χ0n) is 13.5. The van der Waals surface area contributed by atoms with Crippen molar-refractivity contribution in [3.63, 3.8) is 0 Å².